The smallest absolute Gasteiger partial charge is 0.203 e. The molecule has 0 aliphatic carbocycles. The van der Waals surface area contributed by atoms with E-state index in [4.69, 9.17) is 4.74 Å². The van der Waals surface area contributed by atoms with E-state index in [-0.39, 0.29) is 22.4 Å². The van der Waals surface area contributed by atoms with Crippen molar-refractivity contribution in [2.75, 3.05) is 25.7 Å². The van der Waals surface area contributed by atoms with Crippen LogP contribution in [0.4, 0.5) is 87.8 Å². The van der Waals surface area contributed by atoms with Crippen molar-refractivity contribution in [2.45, 2.75) is 43.4 Å². The average Bonchev–Trinajstić information content (AvgIpc) is 3.28. The second kappa shape index (κ2) is 21.3. The Bertz CT molecular complexity index is 2290. The number of rotatable bonds is 15. The van der Waals surface area contributed by atoms with E-state index in [0.717, 1.165) is 44.5 Å². The molecule has 0 radical (unpaired) electrons. The second-order valence-corrected chi connectivity index (χ2v) is 16.2. The fraction of sp³-hybridized carbons (Fsp3) is 0.250. The van der Waals surface area contributed by atoms with Crippen LogP contribution in [-0.2, 0) is 10.9 Å². The van der Waals surface area contributed by atoms with Crippen LogP contribution in [0.15, 0.2) is 29.2 Å². The molecule has 0 unspecified atom stereocenters. The zero-order chi connectivity index (χ0) is 49.9. The second-order valence-electron chi connectivity index (χ2n) is 14.1. The summed E-state index contributed by atoms with van der Waals surface area (Å²) in [6.45, 7) is 0.860. The number of nitrogens with zero attached hydrogens (tertiary/aromatic N) is 1. The van der Waals surface area contributed by atoms with Crippen LogP contribution in [0.2, 0.25) is 0 Å². The summed E-state index contributed by atoms with van der Waals surface area (Å²) in [7, 11) is 0.213. The Kier molecular flexibility index (Phi) is 17.1. The zero-order valence-corrected chi connectivity index (χ0v) is 34.0. The van der Waals surface area contributed by atoms with Gasteiger partial charge in [-0.2, -0.15) is 0 Å². The van der Waals surface area contributed by atoms with E-state index in [1.54, 1.807) is 0 Å². The average molecular weight is 991 g/mol. The zero-order valence-electron chi connectivity index (χ0n) is 33.2. The molecule has 0 spiro atoms. The number of para-hydroxylation sites is 1. The Labute approximate surface area is 361 Å². The highest BCUT2D eigenvalue weighted by Gasteiger charge is 2.52. The molecular formula is C40H26BF20NO3S. The van der Waals surface area contributed by atoms with Gasteiger partial charge in [-0.1, -0.05) is 31.4 Å². The number of nitro groups is 1. The van der Waals surface area contributed by atoms with Gasteiger partial charge in [-0.05, 0) is 25.0 Å². The topological polar surface area (TPSA) is 52.4 Å². The lowest BCUT2D eigenvalue weighted by molar-refractivity contribution is -0.480. The predicted octanol–water partition coefficient (Wildman–Crippen LogP) is 9.77. The van der Waals surface area contributed by atoms with Crippen molar-refractivity contribution in [3.63, 3.8) is 0 Å². The molecule has 0 atom stereocenters. The van der Waals surface area contributed by atoms with E-state index in [2.05, 4.69) is 24.6 Å². The van der Waals surface area contributed by atoms with E-state index < -0.39 is 144 Å². The third-order valence-electron chi connectivity index (χ3n) is 9.99. The summed E-state index contributed by atoms with van der Waals surface area (Å²) in [6, 6.07) is 8.24. The quantitative estimate of drug-likeness (QED) is 0.0154. The number of ether oxygens (including phenoxy) is 1. The lowest BCUT2D eigenvalue weighted by Gasteiger charge is -2.44. The number of benzene rings is 5. The van der Waals surface area contributed by atoms with Crippen molar-refractivity contribution in [1.29, 1.82) is 0 Å². The third kappa shape index (κ3) is 9.59. The molecule has 0 heterocycles. The van der Waals surface area contributed by atoms with Gasteiger partial charge in [0.05, 0.1) is 6.61 Å². The molecule has 0 N–H and O–H groups in total. The van der Waals surface area contributed by atoms with Crippen LogP contribution in [0.3, 0.4) is 0 Å². The Morgan fingerprint density at radius 3 is 0.970 bits per heavy atom. The van der Waals surface area contributed by atoms with Gasteiger partial charge in [0, 0.05) is 22.2 Å². The van der Waals surface area contributed by atoms with Gasteiger partial charge in [0.2, 0.25) is 6.54 Å². The van der Waals surface area contributed by atoms with Gasteiger partial charge in [0.1, 0.15) is 65.2 Å². The lowest BCUT2D eigenvalue weighted by atomic mass is 9.12. The molecule has 0 aliphatic rings. The molecule has 358 valence electrons. The summed E-state index contributed by atoms with van der Waals surface area (Å²) in [4.78, 5) is 11.2. The van der Waals surface area contributed by atoms with Gasteiger partial charge < -0.3 is 4.74 Å². The molecule has 0 aromatic heterocycles. The molecule has 4 nitrogen and oxygen atoms in total. The fourth-order valence-corrected chi connectivity index (χ4v) is 7.89. The van der Waals surface area contributed by atoms with Gasteiger partial charge >= 0.3 is 0 Å². The Hall–Kier alpha value is -5.69. The van der Waals surface area contributed by atoms with Gasteiger partial charge in [0.25, 0.3) is 0 Å². The van der Waals surface area contributed by atoms with Crippen LogP contribution in [0.5, 0.6) is 5.75 Å². The van der Waals surface area contributed by atoms with Crippen LogP contribution >= 0.6 is 0 Å². The van der Waals surface area contributed by atoms with Crippen molar-refractivity contribution < 1.29 is 97.5 Å². The van der Waals surface area contributed by atoms with Crippen molar-refractivity contribution in [2.24, 2.45) is 0 Å². The van der Waals surface area contributed by atoms with Crippen molar-refractivity contribution in [1.82, 2.24) is 0 Å². The summed E-state index contributed by atoms with van der Waals surface area (Å²) in [5.74, 6) is -70.4. The normalized spacial score (nSPS) is 11.6. The molecule has 0 bridgehead atoms. The van der Waals surface area contributed by atoms with E-state index >= 15 is 35.1 Å². The Morgan fingerprint density at radius 1 is 0.424 bits per heavy atom. The highest BCUT2D eigenvalue weighted by molar-refractivity contribution is 7.95. The SMILES string of the molecule is C[S+](C)c1ccccc1OCCCCCCCC[N+](=O)[O-].Fc1c(F)c(F)c([B-](c2c(F)c(F)c(F)c(F)c2F)(c2c(F)c(F)c(F)c(F)c2F)c2c(F)c(F)c(F)c(F)c2F)c(F)c1F. The van der Waals surface area contributed by atoms with E-state index in [1.807, 2.05) is 12.1 Å². The van der Waals surface area contributed by atoms with Gasteiger partial charge in [-0.25, -0.2) is 87.8 Å². The van der Waals surface area contributed by atoms with Crippen molar-refractivity contribution >= 4 is 38.9 Å². The molecule has 0 saturated carbocycles. The molecule has 5 rings (SSSR count). The molecule has 5 aromatic rings. The number of hydrogen-bond donors (Lipinski definition) is 0. The summed E-state index contributed by atoms with van der Waals surface area (Å²) in [5.41, 5.74) is -14.3. The summed E-state index contributed by atoms with van der Waals surface area (Å²) >= 11 is 0. The number of halogens is 20. The maximum absolute atomic E-state index is 15.4. The van der Waals surface area contributed by atoms with Crippen molar-refractivity contribution in [3.05, 3.63) is 151 Å². The number of unbranched alkanes of at least 4 members (excludes halogenated alkanes) is 5. The molecule has 26 heteroatoms. The minimum atomic E-state index is -7.22. The van der Waals surface area contributed by atoms with E-state index in [0.29, 0.717) is 6.42 Å². The molecule has 0 amide bonds. The fourth-order valence-electron chi connectivity index (χ4n) is 7.01. The highest BCUT2D eigenvalue weighted by Crippen LogP contribution is 2.31. The van der Waals surface area contributed by atoms with E-state index in [9.17, 15) is 62.8 Å². The Morgan fingerprint density at radius 2 is 0.682 bits per heavy atom. The predicted molar refractivity (Wildman–Crippen MR) is 198 cm³/mol. The lowest BCUT2D eigenvalue weighted by Crippen LogP contribution is -2.81. The summed E-state index contributed by atoms with van der Waals surface area (Å²) < 4.78 is 300. The maximum atomic E-state index is 15.4. The van der Waals surface area contributed by atoms with Crippen LogP contribution in [0.1, 0.15) is 38.5 Å². The van der Waals surface area contributed by atoms with Gasteiger partial charge in [-0.15, -0.1) is 21.9 Å². The van der Waals surface area contributed by atoms with Crippen LogP contribution in [-0.4, -0.2) is 36.7 Å². The molecule has 0 aliphatic heterocycles. The first-order valence-electron chi connectivity index (χ1n) is 18.5. The highest BCUT2D eigenvalue weighted by atomic mass is 32.2. The number of hydrogen-bond acceptors (Lipinski definition) is 3. The third-order valence-corrected chi connectivity index (χ3v) is 11.2. The monoisotopic (exact) mass is 991 g/mol. The molecular weight excluding hydrogens is 965 g/mol. The van der Waals surface area contributed by atoms with Crippen molar-refractivity contribution in [3.8, 4) is 5.75 Å². The first-order chi connectivity index (χ1) is 30.8. The molecule has 0 fully saturated rings. The summed E-state index contributed by atoms with van der Waals surface area (Å²) in [5, 5.41) is 10.2. The Balaban J connectivity index is 0.000000380. The first kappa shape index (κ1) is 52.9. The first-order valence-corrected chi connectivity index (χ1v) is 20.5. The van der Waals surface area contributed by atoms with Crippen LogP contribution in [0.25, 0.3) is 0 Å². The molecule has 0 saturated heterocycles. The van der Waals surface area contributed by atoms with E-state index in [1.165, 1.54) is 4.90 Å². The van der Waals surface area contributed by atoms with Crippen LogP contribution < -0.4 is 26.6 Å². The summed E-state index contributed by atoms with van der Waals surface area (Å²) in [6.07, 6.45) is 3.23. The van der Waals surface area contributed by atoms with Crippen LogP contribution in [0, 0.1) is 126 Å². The minimum Gasteiger partial charge on any atom is -0.488 e. The minimum absolute atomic E-state index is 0.107. The maximum Gasteiger partial charge on any atom is 0.203 e. The van der Waals surface area contributed by atoms with Gasteiger partial charge in [-0.3, -0.25) is 10.1 Å². The molecule has 66 heavy (non-hydrogen) atoms. The standard InChI is InChI=1S/C24BF20.C16H26NO3S/c26-5-1(6(27)14(35)21(42)13(5)34)25(2-7(28)15(36)22(43)16(37)8(2)29,3-9(30)17(38)23(44)18(39)10(3)31)4-11(32)19(40)24(45)20(41)12(4)33;1-21(2)16-12-8-7-11-15(16)20-14-10-6-4-3-5-9-13-17(18)19/h;7-8,11-12H,3-6,9-10,13-14H2,1-2H3/q-1;+1. The largest absolute Gasteiger partial charge is 0.488 e. The van der Waals surface area contributed by atoms with Gasteiger partial charge in [0.15, 0.2) is 80.5 Å². The molecule has 5 aromatic carbocycles.